The van der Waals surface area contributed by atoms with Crippen molar-refractivity contribution in [2.75, 3.05) is 0 Å². The lowest BCUT2D eigenvalue weighted by Gasteiger charge is -2.15. The van der Waals surface area contributed by atoms with E-state index in [9.17, 15) is 9.59 Å². The molecule has 3 aromatic rings. The predicted molar refractivity (Wildman–Crippen MR) is 126 cm³/mol. The van der Waals surface area contributed by atoms with Gasteiger partial charge in [0.1, 0.15) is 0 Å². The summed E-state index contributed by atoms with van der Waals surface area (Å²) in [6, 6.07) is 24.3. The molecule has 0 bridgehead atoms. The van der Waals surface area contributed by atoms with E-state index < -0.39 is 6.04 Å². The van der Waals surface area contributed by atoms with Crippen LogP contribution >= 0.6 is 0 Å². The molecule has 1 saturated heterocycles. The molecule has 5 nitrogen and oxygen atoms in total. The van der Waals surface area contributed by atoms with Crippen molar-refractivity contribution in [2.24, 2.45) is 0 Å². The quantitative estimate of drug-likeness (QED) is 0.603. The van der Waals surface area contributed by atoms with Gasteiger partial charge in [-0.1, -0.05) is 74.0 Å². The number of hydrazine groups is 1. The summed E-state index contributed by atoms with van der Waals surface area (Å²) in [6.45, 7) is 6.26. The van der Waals surface area contributed by atoms with E-state index in [1.807, 2.05) is 73.8 Å². The third-order valence-electron chi connectivity index (χ3n) is 5.74. The van der Waals surface area contributed by atoms with Crippen LogP contribution in [0.3, 0.4) is 0 Å². The lowest BCUT2D eigenvalue weighted by Crippen LogP contribution is -2.42. The number of hydrogen-bond donors (Lipinski definition) is 2. The van der Waals surface area contributed by atoms with Crippen molar-refractivity contribution in [3.8, 4) is 0 Å². The molecule has 1 aliphatic rings. The van der Waals surface area contributed by atoms with Crippen molar-refractivity contribution >= 4 is 18.0 Å². The number of amides is 2. The second-order valence-corrected chi connectivity index (χ2v) is 8.51. The molecule has 2 atom stereocenters. The molecular formula is C27H28N3O2+. The minimum Gasteiger partial charge on any atom is -0.334 e. The predicted octanol–water partition coefficient (Wildman–Crippen LogP) is 4.13. The first-order chi connectivity index (χ1) is 15.4. The molecule has 162 valence electrons. The lowest BCUT2D eigenvalue weighted by atomic mass is 9.99. The summed E-state index contributed by atoms with van der Waals surface area (Å²) < 4.78 is 1.79. The normalized spacial score (nSPS) is 19.2. The fraction of sp³-hybridized carbons (Fsp3) is 0.222. The molecule has 0 saturated carbocycles. The van der Waals surface area contributed by atoms with E-state index in [4.69, 9.17) is 0 Å². The van der Waals surface area contributed by atoms with Crippen LogP contribution in [0.1, 0.15) is 58.4 Å². The first-order valence-electron chi connectivity index (χ1n) is 10.9. The summed E-state index contributed by atoms with van der Waals surface area (Å²) in [4.78, 5) is 25.9. The Hall–Kier alpha value is -3.73. The number of rotatable bonds is 5. The van der Waals surface area contributed by atoms with Gasteiger partial charge in [0, 0.05) is 16.7 Å². The van der Waals surface area contributed by atoms with E-state index in [1.54, 1.807) is 10.8 Å². The maximum Gasteiger partial charge on any atom is 0.304 e. The van der Waals surface area contributed by atoms with Crippen molar-refractivity contribution in [3.05, 3.63) is 107 Å². The number of carbonyl (C=O) groups excluding carboxylic acids is 2. The Balaban J connectivity index is 1.67. The molecule has 2 N–H and O–H groups in total. The van der Waals surface area contributed by atoms with E-state index in [2.05, 4.69) is 36.7 Å². The highest BCUT2D eigenvalue weighted by molar-refractivity contribution is 5.98. The molecule has 5 heteroatoms. The van der Waals surface area contributed by atoms with Crippen LogP contribution in [-0.4, -0.2) is 28.8 Å². The summed E-state index contributed by atoms with van der Waals surface area (Å²) in [7, 11) is 0. The topological polar surface area (TPSA) is 61.2 Å². The number of hydrogen-bond acceptors (Lipinski definition) is 2. The van der Waals surface area contributed by atoms with E-state index in [0.717, 1.165) is 16.7 Å². The SMILES string of the molecule is Cc1cccc(C(=O)N[C@H]2C(=O)N/[N+](=C\c3ccc(C(C)C)cc3)[C@H]2c2ccccc2)c1. The highest BCUT2D eigenvalue weighted by atomic mass is 16.2. The first-order valence-corrected chi connectivity index (χ1v) is 10.9. The van der Waals surface area contributed by atoms with Gasteiger partial charge < -0.3 is 5.32 Å². The van der Waals surface area contributed by atoms with Gasteiger partial charge >= 0.3 is 5.91 Å². The van der Waals surface area contributed by atoms with Gasteiger partial charge in [0.15, 0.2) is 6.04 Å². The van der Waals surface area contributed by atoms with E-state index in [0.29, 0.717) is 11.5 Å². The zero-order valence-corrected chi connectivity index (χ0v) is 18.6. The Labute approximate surface area is 188 Å². The number of nitrogens with zero attached hydrogens (tertiary/aromatic N) is 1. The molecule has 0 radical (unpaired) electrons. The zero-order chi connectivity index (χ0) is 22.7. The highest BCUT2D eigenvalue weighted by Gasteiger charge is 2.47. The van der Waals surface area contributed by atoms with Crippen LogP contribution in [0, 0.1) is 6.92 Å². The summed E-state index contributed by atoms with van der Waals surface area (Å²) in [5, 5.41) is 2.95. The van der Waals surface area contributed by atoms with Gasteiger partial charge in [-0.15, -0.1) is 10.1 Å². The van der Waals surface area contributed by atoms with Crippen LogP contribution in [-0.2, 0) is 4.79 Å². The average molecular weight is 427 g/mol. The first kappa shape index (κ1) is 21.5. The molecule has 32 heavy (non-hydrogen) atoms. The van der Waals surface area contributed by atoms with E-state index in [1.165, 1.54) is 5.56 Å². The fourth-order valence-electron chi connectivity index (χ4n) is 3.97. The monoisotopic (exact) mass is 426 g/mol. The van der Waals surface area contributed by atoms with Gasteiger partial charge in [0.05, 0.1) is 0 Å². The Morgan fingerprint density at radius 2 is 1.72 bits per heavy atom. The van der Waals surface area contributed by atoms with Crippen LogP contribution in [0.2, 0.25) is 0 Å². The summed E-state index contributed by atoms with van der Waals surface area (Å²) in [5.74, 6) is -0.0540. The molecule has 1 fully saturated rings. The van der Waals surface area contributed by atoms with E-state index in [-0.39, 0.29) is 17.9 Å². The molecule has 0 spiro atoms. The molecule has 0 aliphatic carbocycles. The number of aryl methyl sites for hydroxylation is 1. The molecule has 3 aromatic carbocycles. The van der Waals surface area contributed by atoms with Crippen molar-refractivity contribution in [1.29, 1.82) is 0 Å². The Bertz CT molecular complexity index is 1150. The van der Waals surface area contributed by atoms with Gasteiger partial charge in [-0.25, -0.2) is 0 Å². The van der Waals surface area contributed by atoms with Gasteiger partial charge in [-0.05, 0) is 42.7 Å². The molecule has 4 rings (SSSR count). The van der Waals surface area contributed by atoms with Crippen molar-refractivity contribution in [3.63, 3.8) is 0 Å². The Morgan fingerprint density at radius 1 is 1.00 bits per heavy atom. The maximum atomic E-state index is 12.9. The van der Waals surface area contributed by atoms with Crippen LogP contribution < -0.4 is 10.7 Å². The van der Waals surface area contributed by atoms with Crippen molar-refractivity contribution in [2.45, 2.75) is 38.8 Å². The molecule has 0 unspecified atom stereocenters. The molecule has 0 aromatic heterocycles. The highest BCUT2D eigenvalue weighted by Crippen LogP contribution is 2.25. The second kappa shape index (κ2) is 9.18. The number of hydrazone groups is 1. The summed E-state index contributed by atoms with van der Waals surface area (Å²) >= 11 is 0. The van der Waals surface area contributed by atoms with Crippen molar-refractivity contribution < 1.29 is 14.3 Å². The third kappa shape index (κ3) is 4.62. The zero-order valence-electron chi connectivity index (χ0n) is 18.6. The molecule has 1 heterocycles. The van der Waals surface area contributed by atoms with Crippen molar-refractivity contribution in [1.82, 2.24) is 10.7 Å². The largest absolute Gasteiger partial charge is 0.334 e. The number of carbonyl (C=O) groups is 2. The van der Waals surface area contributed by atoms with Gasteiger partial charge in [0.2, 0.25) is 12.3 Å². The maximum absolute atomic E-state index is 12.9. The van der Waals surface area contributed by atoms with Crippen LogP contribution in [0.4, 0.5) is 0 Å². The van der Waals surface area contributed by atoms with Gasteiger partial charge in [-0.3, -0.25) is 9.59 Å². The molecule has 2 amide bonds. The summed E-state index contributed by atoms with van der Waals surface area (Å²) in [5.41, 5.74) is 7.64. The average Bonchev–Trinajstić information content (AvgIpc) is 3.09. The van der Waals surface area contributed by atoms with Crippen LogP contribution in [0.15, 0.2) is 78.9 Å². The molecular weight excluding hydrogens is 398 g/mol. The molecule has 1 aliphatic heterocycles. The van der Waals surface area contributed by atoms with Crippen LogP contribution in [0.25, 0.3) is 0 Å². The minimum atomic E-state index is -0.725. The smallest absolute Gasteiger partial charge is 0.304 e. The standard InChI is InChI=1S/C27H27N3O2/c1-18(2)21-14-12-20(13-15-21)17-30-25(22-9-5-4-6-10-22)24(27(32)29-30)28-26(31)23-11-7-8-19(3)16-23/h4-18,24-25H,1-3H3,(H-,28,29,31,32)/p+1/b30-17-/t24-,25+/m1/s1. The Kier molecular flexibility index (Phi) is 6.17. The second-order valence-electron chi connectivity index (χ2n) is 8.51. The number of benzene rings is 3. The van der Waals surface area contributed by atoms with Gasteiger partial charge in [-0.2, -0.15) is 0 Å². The van der Waals surface area contributed by atoms with Crippen LogP contribution in [0.5, 0.6) is 0 Å². The minimum absolute atomic E-state index is 0.241. The fourth-order valence-corrected chi connectivity index (χ4v) is 3.97. The Morgan fingerprint density at radius 3 is 2.38 bits per heavy atom. The lowest BCUT2D eigenvalue weighted by molar-refractivity contribution is -0.596. The third-order valence-corrected chi connectivity index (χ3v) is 5.74. The van der Waals surface area contributed by atoms with Gasteiger partial charge in [0.25, 0.3) is 5.91 Å². The number of nitrogens with one attached hydrogen (secondary N) is 2. The van der Waals surface area contributed by atoms with E-state index >= 15 is 0 Å². The summed E-state index contributed by atoms with van der Waals surface area (Å²) in [6.07, 6.45) is 1.92.